The summed E-state index contributed by atoms with van der Waals surface area (Å²) in [5.74, 6) is 0.551. The highest BCUT2D eigenvalue weighted by Gasteiger charge is 2.29. The molecule has 128 valence electrons. The van der Waals surface area contributed by atoms with Crippen LogP contribution >= 0.6 is 0 Å². The van der Waals surface area contributed by atoms with E-state index in [1.807, 2.05) is 0 Å². The number of unbranched alkanes of at least 4 members (excludes halogenated alkanes) is 4. The molecule has 2 nitrogen and oxygen atoms in total. The van der Waals surface area contributed by atoms with Gasteiger partial charge in [0.2, 0.25) is 0 Å². The average Bonchev–Trinajstić information content (AvgIpc) is 2.50. The molecule has 22 heavy (non-hydrogen) atoms. The molecule has 0 aliphatic heterocycles. The summed E-state index contributed by atoms with van der Waals surface area (Å²) in [6.45, 7) is 9.10. The van der Waals surface area contributed by atoms with Crippen molar-refractivity contribution in [1.82, 2.24) is 5.32 Å². The summed E-state index contributed by atoms with van der Waals surface area (Å²) in [7, 11) is 0. The Balaban J connectivity index is 2.39. The van der Waals surface area contributed by atoms with Crippen LogP contribution in [0.4, 0.5) is 0 Å². The predicted molar refractivity (Wildman–Crippen MR) is 98.8 cm³/mol. The van der Waals surface area contributed by atoms with Crippen molar-refractivity contribution in [2.45, 2.75) is 97.1 Å². The minimum absolute atomic E-state index is 0.148. The molecule has 0 aromatic heterocycles. The Morgan fingerprint density at radius 3 is 2.27 bits per heavy atom. The lowest BCUT2D eigenvalue weighted by atomic mass is 9.78. The minimum atomic E-state index is -0.148. The maximum atomic E-state index is 6.62. The van der Waals surface area contributed by atoms with Crippen LogP contribution in [0.2, 0.25) is 0 Å². The number of rotatable bonds is 11. The topological polar surface area (TPSA) is 38.0 Å². The highest BCUT2D eigenvalue weighted by Crippen LogP contribution is 2.29. The molecule has 0 amide bonds. The molecule has 0 heterocycles. The van der Waals surface area contributed by atoms with E-state index in [9.17, 15) is 0 Å². The molecule has 0 radical (unpaired) electrons. The predicted octanol–water partition coefficient (Wildman–Crippen LogP) is 5.30. The molecule has 0 aromatic carbocycles. The third-order valence-electron chi connectivity index (χ3n) is 5.06. The lowest BCUT2D eigenvalue weighted by molar-refractivity contribution is 0.326. The highest BCUT2D eigenvalue weighted by atomic mass is 14.9. The van der Waals surface area contributed by atoms with Crippen molar-refractivity contribution in [2.24, 2.45) is 11.7 Å². The molecule has 0 fully saturated rings. The van der Waals surface area contributed by atoms with Crippen LogP contribution in [0, 0.1) is 5.92 Å². The van der Waals surface area contributed by atoms with Crippen molar-refractivity contribution in [2.75, 3.05) is 0 Å². The molecular weight excluding hydrogens is 268 g/mol. The van der Waals surface area contributed by atoms with Gasteiger partial charge in [-0.1, -0.05) is 71.4 Å². The Morgan fingerprint density at radius 2 is 1.73 bits per heavy atom. The van der Waals surface area contributed by atoms with E-state index in [1.165, 1.54) is 57.1 Å². The number of nitrogens with one attached hydrogen (secondary N) is 1. The number of hydrogen-bond acceptors (Lipinski definition) is 2. The first kappa shape index (κ1) is 19.3. The van der Waals surface area contributed by atoms with E-state index in [0.29, 0.717) is 12.0 Å². The van der Waals surface area contributed by atoms with E-state index in [0.717, 1.165) is 6.42 Å². The summed E-state index contributed by atoms with van der Waals surface area (Å²) in [4.78, 5) is 0. The summed E-state index contributed by atoms with van der Waals surface area (Å²) in [6, 6.07) is 0.551. The van der Waals surface area contributed by atoms with Gasteiger partial charge in [-0.3, -0.25) is 0 Å². The van der Waals surface area contributed by atoms with Crippen molar-refractivity contribution in [1.29, 1.82) is 0 Å². The Morgan fingerprint density at radius 1 is 1.09 bits per heavy atom. The molecular formula is C20H38N2. The van der Waals surface area contributed by atoms with Gasteiger partial charge >= 0.3 is 0 Å². The van der Waals surface area contributed by atoms with Crippen LogP contribution in [0.1, 0.15) is 85.5 Å². The molecule has 0 saturated heterocycles. The van der Waals surface area contributed by atoms with Gasteiger partial charge < -0.3 is 11.1 Å². The van der Waals surface area contributed by atoms with Gasteiger partial charge in [0, 0.05) is 17.3 Å². The van der Waals surface area contributed by atoms with E-state index < -0.39 is 0 Å². The summed E-state index contributed by atoms with van der Waals surface area (Å²) in [5, 5.41) is 3.63. The van der Waals surface area contributed by atoms with Gasteiger partial charge in [-0.2, -0.15) is 0 Å². The molecule has 1 rings (SSSR count). The zero-order chi connectivity index (χ0) is 16.4. The van der Waals surface area contributed by atoms with Crippen molar-refractivity contribution in [3.8, 4) is 0 Å². The quantitative estimate of drug-likeness (QED) is 0.508. The Labute approximate surface area is 138 Å². The minimum Gasteiger partial charge on any atom is -0.383 e. The van der Waals surface area contributed by atoms with E-state index in [2.05, 4.69) is 51.2 Å². The number of nitrogens with two attached hydrogens (primary N) is 1. The van der Waals surface area contributed by atoms with Crippen molar-refractivity contribution >= 4 is 0 Å². The maximum absolute atomic E-state index is 6.62. The van der Waals surface area contributed by atoms with Gasteiger partial charge in [0.15, 0.2) is 0 Å². The third kappa shape index (κ3) is 6.56. The van der Waals surface area contributed by atoms with Crippen molar-refractivity contribution in [3.63, 3.8) is 0 Å². The smallest absolute Gasteiger partial charge is 0.0404 e. The van der Waals surface area contributed by atoms with Crippen LogP contribution in [0.25, 0.3) is 0 Å². The van der Waals surface area contributed by atoms with Crippen LogP contribution < -0.4 is 11.1 Å². The van der Waals surface area contributed by atoms with Crippen molar-refractivity contribution < 1.29 is 0 Å². The first-order valence-corrected chi connectivity index (χ1v) is 9.46. The summed E-state index contributed by atoms with van der Waals surface area (Å²) in [5.41, 5.74) is 7.72. The standard InChI is InChI=1S/C20H38N2/c1-5-7-9-11-17(3)20(21)15-13-19(14-16-20)22-18(4)12-10-8-6-2/h13-15,17-18,22H,5-12,16,21H2,1-4H3. The molecule has 1 aliphatic rings. The molecule has 1 aliphatic carbocycles. The van der Waals surface area contributed by atoms with Gasteiger partial charge in [-0.15, -0.1) is 0 Å². The lowest BCUT2D eigenvalue weighted by Gasteiger charge is -2.35. The summed E-state index contributed by atoms with van der Waals surface area (Å²) >= 11 is 0. The second-order valence-corrected chi connectivity index (χ2v) is 7.25. The molecule has 2 heteroatoms. The zero-order valence-electron chi connectivity index (χ0n) is 15.3. The maximum Gasteiger partial charge on any atom is 0.0404 e. The molecule has 3 unspecified atom stereocenters. The molecule has 0 bridgehead atoms. The van der Waals surface area contributed by atoms with Crippen LogP contribution in [0.15, 0.2) is 23.9 Å². The normalized spacial score (nSPS) is 24.0. The van der Waals surface area contributed by atoms with Gasteiger partial charge in [-0.25, -0.2) is 0 Å². The van der Waals surface area contributed by atoms with Crippen molar-refractivity contribution in [3.05, 3.63) is 23.9 Å². The highest BCUT2D eigenvalue weighted by molar-refractivity contribution is 5.28. The van der Waals surface area contributed by atoms with Crippen LogP contribution in [0.5, 0.6) is 0 Å². The fraction of sp³-hybridized carbons (Fsp3) is 0.800. The third-order valence-corrected chi connectivity index (χ3v) is 5.06. The van der Waals surface area contributed by atoms with Crippen LogP contribution in [-0.2, 0) is 0 Å². The SMILES string of the molecule is CCCCCC(C)NC1=CCC(N)(C(C)CCCCC)C=C1. The van der Waals surface area contributed by atoms with E-state index in [1.54, 1.807) is 0 Å². The zero-order valence-corrected chi connectivity index (χ0v) is 15.3. The fourth-order valence-electron chi connectivity index (χ4n) is 3.17. The summed E-state index contributed by atoms with van der Waals surface area (Å²) < 4.78 is 0. The fourth-order valence-corrected chi connectivity index (χ4v) is 3.17. The van der Waals surface area contributed by atoms with Gasteiger partial charge in [0.05, 0.1) is 0 Å². The first-order chi connectivity index (χ1) is 10.5. The largest absolute Gasteiger partial charge is 0.383 e. The van der Waals surface area contributed by atoms with E-state index in [-0.39, 0.29) is 5.54 Å². The van der Waals surface area contributed by atoms with Gasteiger partial charge in [0.1, 0.15) is 0 Å². The second-order valence-electron chi connectivity index (χ2n) is 7.25. The lowest BCUT2D eigenvalue weighted by Crippen LogP contribution is -2.45. The Kier molecular flexibility index (Phi) is 8.85. The molecule has 3 N–H and O–H groups in total. The second kappa shape index (κ2) is 10.1. The number of hydrogen-bond donors (Lipinski definition) is 2. The van der Waals surface area contributed by atoms with E-state index in [4.69, 9.17) is 5.73 Å². The molecule has 0 spiro atoms. The Bertz CT molecular complexity index is 359. The van der Waals surface area contributed by atoms with Gasteiger partial charge in [-0.05, 0) is 38.2 Å². The summed E-state index contributed by atoms with van der Waals surface area (Å²) in [6.07, 6.45) is 18.0. The average molecular weight is 307 g/mol. The number of allylic oxidation sites excluding steroid dienone is 1. The molecule has 0 saturated carbocycles. The van der Waals surface area contributed by atoms with Crippen LogP contribution in [0.3, 0.4) is 0 Å². The monoisotopic (exact) mass is 306 g/mol. The molecule has 0 aromatic rings. The Hall–Kier alpha value is -0.760. The van der Waals surface area contributed by atoms with Crippen LogP contribution in [-0.4, -0.2) is 11.6 Å². The molecule has 3 atom stereocenters. The van der Waals surface area contributed by atoms with E-state index >= 15 is 0 Å². The first-order valence-electron chi connectivity index (χ1n) is 9.46. The van der Waals surface area contributed by atoms with Gasteiger partial charge in [0.25, 0.3) is 0 Å².